The maximum Gasteiger partial charge on any atom is 0.410 e. The van der Waals surface area contributed by atoms with Crippen LogP contribution in [0.25, 0.3) is 5.70 Å². The number of amidine groups is 1. The number of benzene rings is 1. The molecule has 4 N–H and O–H groups in total. The van der Waals surface area contributed by atoms with Crippen LogP contribution in [0.3, 0.4) is 0 Å². The number of ether oxygens (including phenoxy) is 1. The van der Waals surface area contributed by atoms with E-state index in [4.69, 9.17) is 15.9 Å². The van der Waals surface area contributed by atoms with Gasteiger partial charge >= 0.3 is 6.09 Å². The zero-order valence-corrected chi connectivity index (χ0v) is 21.0. The molecule has 0 aromatic heterocycles. The number of nitrogens with one attached hydrogen (secondary N) is 2. The van der Waals surface area contributed by atoms with E-state index in [2.05, 4.69) is 31.4 Å². The van der Waals surface area contributed by atoms with Crippen molar-refractivity contribution < 1.29 is 9.53 Å². The summed E-state index contributed by atoms with van der Waals surface area (Å²) in [5.74, 6) is 0.417. The molecule has 180 valence electrons. The first-order valence-electron chi connectivity index (χ1n) is 11.2. The zero-order chi connectivity index (χ0) is 24.6. The van der Waals surface area contributed by atoms with Gasteiger partial charge in [-0.05, 0) is 57.0 Å². The van der Waals surface area contributed by atoms with Crippen molar-refractivity contribution in [3.05, 3.63) is 54.3 Å². The Morgan fingerprint density at radius 1 is 1.27 bits per heavy atom. The molecule has 7 nitrogen and oxygen atoms in total. The normalized spacial score (nSPS) is 15.3. The number of carbonyl (C=O) groups is 1. The van der Waals surface area contributed by atoms with Crippen LogP contribution < -0.4 is 11.1 Å². The maximum atomic E-state index is 12.3. The average Bonchev–Trinajstić information content (AvgIpc) is 2.74. The molecule has 1 aliphatic rings. The number of allylic oxidation sites excluding steroid dienone is 3. The molecule has 0 radical (unpaired) electrons. The van der Waals surface area contributed by atoms with Crippen molar-refractivity contribution in [1.29, 1.82) is 5.41 Å². The van der Waals surface area contributed by atoms with Crippen LogP contribution >= 0.6 is 12.6 Å². The number of rotatable bonds is 7. The lowest BCUT2D eigenvalue weighted by Crippen LogP contribution is -2.51. The second-order valence-corrected chi connectivity index (χ2v) is 9.46. The number of hydrogen-bond acceptors (Lipinski definition) is 6. The highest BCUT2D eigenvalue weighted by Gasteiger charge is 2.26. The molecule has 2 rings (SSSR count). The van der Waals surface area contributed by atoms with E-state index in [0.717, 1.165) is 29.8 Å². The number of nitrogens with zero attached hydrogens (tertiary/aromatic N) is 2. The SMILES string of the molecule is C=C/C=C(\N/C(=C\C(=N)N1CCN(C(=O)OC(C)(C)C)CC1)CCC)c1ccc(N)c(S)c1. The standard InChI is InChI=1S/C25H37N5O2S/c1-6-8-19(28-21(9-7-2)18-10-11-20(26)22(33)16-18)17-23(27)29-12-14-30(15-13-29)24(31)32-25(3,4)5/h7,9-11,16-17,27-28,33H,2,6,8,12-15,26H2,1,3-5H3/b19-17-,21-9-,27-23?. The highest BCUT2D eigenvalue weighted by Crippen LogP contribution is 2.23. The van der Waals surface area contributed by atoms with Crippen molar-refractivity contribution in [3.63, 3.8) is 0 Å². The highest BCUT2D eigenvalue weighted by molar-refractivity contribution is 7.80. The monoisotopic (exact) mass is 471 g/mol. The van der Waals surface area contributed by atoms with E-state index in [1.807, 2.05) is 56.0 Å². The quantitative estimate of drug-likeness (QED) is 0.149. The van der Waals surface area contributed by atoms with Crippen molar-refractivity contribution >= 4 is 35.9 Å². The maximum absolute atomic E-state index is 12.3. The molecule has 1 aromatic rings. The molecule has 1 aliphatic heterocycles. The number of anilines is 1. The van der Waals surface area contributed by atoms with Crippen LogP contribution in [0.15, 0.2) is 53.6 Å². The van der Waals surface area contributed by atoms with E-state index in [-0.39, 0.29) is 6.09 Å². The Morgan fingerprint density at radius 3 is 2.45 bits per heavy atom. The molecule has 0 unspecified atom stereocenters. The molecule has 0 atom stereocenters. The number of nitrogens with two attached hydrogens (primary N) is 1. The zero-order valence-electron chi connectivity index (χ0n) is 20.1. The Balaban J connectivity index is 2.09. The van der Waals surface area contributed by atoms with Gasteiger partial charge in [-0.2, -0.15) is 0 Å². The molecule has 33 heavy (non-hydrogen) atoms. The number of amides is 1. The minimum atomic E-state index is -0.515. The van der Waals surface area contributed by atoms with Gasteiger partial charge in [0.15, 0.2) is 0 Å². The lowest BCUT2D eigenvalue weighted by Gasteiger charge is -2.36. The lowest BCUT2D eigenvalue weighted by atomic mass is 10.1. The second kappa shape index (κ2) is 11.8. The van der Waals surface area contributed by atoms with Crippen LogP contribution in [-0.4, -0.2) is 53.5 Å². The summed E-state index contributed by atoms with van der Waals surface area (Å²) in [5, 5.41) is 12.1. The van der Waals surface area contributed by atoms with Gasteiger partial charge in [0.2, 0.25) is 0 Å². The van der Waals surface area contributed by atoms with E-state index in [9.17, 15) is 4.79 Å². The van der Waals surface area contributed by atoms with Crippen molar-refractivity contribution in [2.45, 2.75) is 51.0 Å². The van der Waals surface area contributed by atoms with Crippen molar-refractivity contribution in [3.8, 4) is 0 Å². The van der Waals surface area contributed by atoms with Crippen LogP contribution in [0.4, 0.5) is 10.5 Å². The third kappa shape index (κ3) is 8.20. The van der Waals surface area contributed by atoms with E-state index in [1.54, 1.807) is 11.0 Å². The van der Waals surface area contributed by atoms with E-state index in [0.29, 0.717) is 42.6 Å². The fourth-order valence-corrected chi connectivity index (χ4v) is 3.58. The van der Waals surface area contributed by atoms with Gasteiger partial charge in [0.1, 0.15) is 11.4 Å². The summed E-state index contributed by atoms with van der Waals surface area (Å²) in [4.78, 5) is 16.7. The molecule has 0 bridgehead atoms. The second-order valence-electron chi connectivity index (χ2n) is 8.97. The largest absolute Gasteiger partial charge is 0.444 e. The van der Waals surface area contributed by atoms with Crippen LogP contribution in [0.1, 0.15) is 46.1 Å². The smallest absolute Gasteiger partial charge is 0.410 e. The third-order valence-electron chi connectivity index (χ3n) is 5.02. The first kappa shape index (κ1) is 26.4. The number of hydrogen-bond donors (Lipinski definition) is 4. The molecular formula is C25H37N5O2S. The fraction of sp³-hybridized carbons (Fsp3) is 0.440. The molecule has 1 saturated heterocycles. The molecule has 1 fully saturated rings. The summed E-state index contributed by atoms with van der Waals surface area (Å²) in [7, 11) is 0. The van der Waals surface area contributed by atoms with E-state index < -0.39 is 5.60 Å². The van der Waals surface area contributed by atoms with Gasteiger partial charge in [0.05, 0.1) is 0 Å². The Kier molecular flexibility index (Phi) is 9.46. The fourth-order valence-electron chi connectivity index (χ4n) is 3.36. The number of carbonyl (C=O) groups excluding carboxylic acids is 1. The van der Waals surface area contributed by atoms with Gasteiger partial charge in [0.25, 0.3) is 0 Å². The summed E-state index contributed by atoms with van der Waals surface area (Å²) in [5.41, 5.74) is 8.75. The minimum absolute atomic E-state index is 0.302. The van der Waals surface area contributed by atoms with Crippen LogP contribution in [0.5, 0.6) is 0 Å². The van der Waals surface area contributed by atoms with E-state index in [1.165, 1.54) is 0 Å². The molecule has 1 amide bonds. The van der Waals surface area contributed by atoms with Crippen molar-refractivity contribution in [2.24, 2.45) is 0 Å². The van der Waals surface area contributed by atoms with E-state index >= 15 is 0 Å². The van der Waals surface area contributed by atoms with Crippen LogP contribution in [0, 0.1) is 5.41 Å². The predicted molar refractivity (Wildman–Crippen MR) is 140 cm³/mol. The van der Waals surface area contributed by atoms with Gasteiger partial charge < -0.3 is 25.6 Å². The van der Waals surface area contributed by atoms with Gasteiger partial charge in [-0.1, -0.05) is 32.1 Å². The summed E-state index contributed by atoms with van der Waals surface area (Å²) >= 11 is 4.43. The average molecular weight is 472 g/mol. The van der Waals surface area contributed by atoms with Crippen LogP contribution in [0.2, 0.25) is 0 Å². The topological polar surface area (TPSA) is 94.7 Å². The molecule has 1 aromatic carbocycles. The van der Waals surface area contributed by atoms with Crippen LogP contribution in [-0.2, 0) is 4.74 Å². The van der Waals surface area contributed by atoms with Crippen molar-refractivity contribution in [2.75, 3.05) is 31.9 Å². The van der Waals surface area contributed by atoms with Gasteiger partial charge in [-0.3, -0.25) is 5.41 Å². The summed E-state index contributed by atoms with van der Waals surface area (Å²) < 4.78 is 5.46. The highest BCUT2D eigenvalue weighted by atomic mass is 32.1. The number of thiol groups is 1. The predicted octanol–water partition coefficient (Wildman–Crippen LogP) is 4.89. The Labute approximate surface area is 203 Å². The summed E-state index contributed by atoms with van der Waals surface area (Å²) in [6, 6.07) is 5.67. The minimum Gasteiger partial charge on any atom is -0.444 e. The van der Waals surface area contributed by atoms with Gasteiger partial charge in [-0.15, -0.1) is 12.6 Å². The summed E-state index contributed by atoms with van der Waals surface area (Å²) in [6.45, 7) is 13.7. The van der Waals surface area contributed by atoms with Gasteiger partial charge in [0, 0.05) is 48.2 Å². The summed E-state index contributed by atoms with van der Waals surface area (Å²) in [6.07, 6.45) is 6.90. The lowest BCUT2D eigenvalue weighted by molar-refractivity contribution is 0.0187. The number of piperazine rings is 1. The Morgan fingerprint density at radius 2 is 1.91 bits per heavy atom. The van der Waals surface area contributed by atoms with Gasteiger partial charge in [-0.25, -0.2) is 4.79 Å². The molecule has 0 spiro atoms. The first-order chi connectivity index (χ1) is 15.5. The Bertz CT molecular complexity index is 925. The molecular weight excluding hydrogens is 434 g/mol. The molecule has 8 heteroatoms. The third-order valence-corrected chi connectivity index (χ3v) is 5.41. The molecule has 1 heterocycles. The van der Waals surface area contributed by atoms with Crippen molar-refractivity contribution in [1.82, 2.24) is 15.1 Å². The first-order valence-corrected chi connectivity index (χ1v) is 11.7. The molecule has 0 aliphatic carbocycles. The number of nitrogen functional groups attached to an aromatic ring is 1. The molecule has 0 saturated carbocycles. The Hall–Kier alpha value is -2.87.